The quantitative estimate of drug-likeness (QED) is 0.645. The predicted octanol–water partition coefficient (Wildman–Crippen LogP) is 4.86. The van der Waals surface area contributed by atoms with Gasteiger partial charge in [-0.1, -0.05) is 23.2 Å². The molecule has 3 rings (SSSR count). The van der Waals surface area contributed by atoms with Crippen LogP contribution in [-0.2, 0) is 10.0 Å². The molecule has 1 aromatic heterocycles. The van der Waals surface area contributed by atoms with Gasteiger partial charge in [-0.05, 0) is 47.9 Å². The van der Waals surface area contributed by atoms with Crippen LogP contribution in [0.5, 0.6) is 0 Å². The van der Waals surface area contributed by atoms with Crippen LogP contribution in [0, 0.1) is 0 Å². The number of amides is 1. The molecule has 0 radical (unpaired) electrons. The van der Waals surface area contributed by atoms with Gasteiger partial charge in [0.2, 0.25) is 10.0 Å². The molecule has 0 aliphatic rings. The Balaban J connectivity index is 1.91. The number of fused-ring (bicyclic) bond motifs is 1. The topological polar surface area (TPSA) is 66.5 Å². The van der Waals surface area contributed by atoms with Crippen LogP contribution in [0.3, 0.4) is 0 Å². The average molecular weight is 429 g/mol. The lowest BCUT2D eigenvalue weighted by Crippen LogP contribution is -2.24. The first-order chi connectivity index (χ1) is 12.1. The summed E-state index contributed by atoms with van der Waals surface area (Å²) in [5, 5.41) is 4.38. The molecule has 0 bridgehead atoms. The second-order valence-corrected chi connectivity index (χ2v) is 9.58. The van der Waals surface area contributed by atoms with Crippen LogP contribution in [0.1, 0.15) is 9.67 Å². The lowest BCUT2D eigenvalue weighted by Gasteiger charge is -2.16. The number of halogens is 2. The van der Waals surface area contributed by atoms with Gasteiger partial charge in [0, 0.05) is 16.8 Å². The van der Waals surface area contributed by atoms with Crippen molar-refractivity contribution in [2.45, 2.75) is 0 Å². The first kappa shape index (κ1) is 19.0. The van der Waals surface area contributed by atoms with Crippen molar-refractivity contribution in [1.82, 2.24) is 0 Å². The molecular formula is C17H14Cl2N2O3S2. The fraction of sp³-hybridized carbons (Fsp3) is 0.118. The van der Waals surface area contributed by atoms with E-state index in [1.54, 1.807) is 42.5 Å². The minimum atomic E-state index is -3.35. The number of nitrogens with one attached hydrogen (secondary N) is 1. The fourth-order valence-corrected chi connectivity index (χ4v) is 4.08. The second-order valence-electron chi connectivity index (χ2n) is 5.64. The number of anilines is 2. The van der Waals surface area contributed by atoms with Crippen molar-refractivity contribution < 1.29 is 13.2 Å². The predicted molar refractivity (Wildman–Crippen MR) is 109 cm³/mol. The molecule has 1 N–H and O–H groups in total. The molecule has 0 saturated heterocycles. The maximum Gasteiger partial charge on any atom is 0.265 e. The molecule has 5 nitrogen and oxygen atoms in total. The highest BCUT2D eigenvalue weighted by Crippen LogP contribution is 2.31. The minimum Gasteiger partial charge on any atom is -0.320 e. The monoisotopic (exact) mass is 428 g/mol. The van der Waals surface area contributed by atoms with Gasteiger partial charge in [0.15, 0.2) is 0 Å². The summed E-state index contributed by atoms with van der Waals surface area (Å²) in [7, 11) is -1.87. The first-order valence-corrected chi connectivity index (χ1v) is 10.8. The van der Waals surface area contributed by atoms with Gasteiger partial charge in [-0.2, -0.15) is 0 Å². The molecule has 0 aliphatic heterocycles. The van der Waals surface area contributed by atoms with E-state index >= 15 is 0 Å². The van der Waals surface area contributed by atoms with Crippen LogP contribution in [-0.4, -0.2) is 27.6 Å². The van der Waals surface area contributed by atoms with Crippen LogP contribution in [0.25, 0.3) is 10.1 Å². The van der Waals surface area contributed by atoms with Crippen LogP contribution >= 0.6 is 34.5 Å². The summed E-state index contributed by atoms with van der Waals surface area (Å²) in [4.78, 5) is 13.0. The Bertz CT molecular complexity index is 1110. The van der Waals surface area contributed by atoms with Gasteiger partial charge >= 0.3 is 0 Å². The van der Waals surface area contributed by atoms with E-state index in [0.29, 0.717) is 26.3 Å². The van der Waals surface area contributed by atoms with Crippen molar-refractivity contribution >= 4 is 71.9 Å². The molecule has 0 saturated carbocycles. The highest BCUT2D eigenvalue weighted by Gasteiger charge is 2.16. The molecule has 0 spiro atoms. The van der Waals surface area contributed by atoms with Gasteiger partial charge in [-0.25, -0.2) is 8.42 Å². The van der Waals surface area contributed by atoms with Crippen LogP contribution in [0.2, 0.25) is 10.0 Å². The van der Waals surface area contributed by atoms with Crippen molar-refractivity contribution in [3.63, 3.8) is 0 Å². The summed E-state index contributed by atoms with van der Waals surface area (Å²) in [6.07, 6.45) is 1.14. The maximum absolute atomic E-state index is 12.5. The van der Waals surface area contributed by atoms with Gasteiger partial charge in [0.25, 0.3) is 5.91 Å². The lowest BCUT2D eigenvalue weighted by atomic mass is 10.2. The van der Waals surface area contributed by atoms with Crippen LogP contribution in [0.4, 0.5) is 11.4 Å². The second kappa shape index (κ2) is 7.08. The Hall–Kier alpha value is -1.80. The van der Waals surface area contributed by atoms with Crippen molar-refractivity contribution in [3.05, 3.63) is 57.4 Å². The van der Waals surface area contributed by atoms with E-state index in [4.69, 9.17) is 23.2 Å². The molecule has 3 aromatic rings. The number of rotatable bonds is 4. The third-order valence-electron chi connectivity index (χ3n) is 3.76. The number of hydrogen-bond donors (Lipinski definition) is 1. The summed E-state index contributed by atoms with van der Waals surface area (Å²) in [5.74, 6) is -0.312. The number of carbonyl (C=O) groups is 1. The van der Waals surface area contributed by atoms with Crippen LogP contribution < -0.4 is 9.62 Å². The Morgan fingerprint density at radius 2 is 1.85 bits per heavy atom. The number of carbonyl (C=O) groups excluding carboxylic acids is 1. The van der Waals surface area contributed by atoms with E-state index in [-0.39, 0.29) is 5.91 Å². The molecule has 2 aromatic carbocycles. The summed E-state index contributed by atoms with van der Waals surface area (Å²) in [5.41, 5.74) is 0.960. The molecule has 9 heteroatoms. The minimum absolute atomic E-state index is 0.312. The van der Waals surface area contributed by atoms with Crippen molar-refractivity contribution in [2.75, 3.05) is 22.9 Å². The fourth-order valence-electron chi connectivity index (χ4n) is 2.31. The molecule has 0 unspecified atom stereocenters. The number of sulfonamides is 1. The van der Waals surface area contributed by atoms with Crippen molar-refractivity contribution in [1.29, 1.82) is 0 Å². The van der Waals surface area contributed by atoms with Gasteiger partial charge in [0.1, 0.15) is 0 Å². The number of hydrogen-bond acceptors (Lipinski definition) is 4. The summed E-state index contributed by atoms with van der Waals surface area (Å²) < 4.78 is 25.4. The van der Waals surface area contributed by atoms with E-state index < -0.39 is 10.0 Å². The zero-order valence-electron chi connectivity index (χ0n) is 13.8. The normalized spacial score (nSPS) is 11.5. The molecule has 136 valence electrons. The number of benzene rings is 2. The van der Waals surface area contributed by atoms with E-state index in [0.717, 1.165) is 16.3 Å². The highest BCUT2D eigenvalue weighted by molar-refractivity contribution is 7.92. The summed E-state index contributed by atoms with van der Waals surface area (Å²) >= 11 is 13.3. The Morgan fingerprint density at radius 1 is 1.12 bits per heavy atom. The molecular weight excluding hydrogens is 415 g/mol. The molecule has 1 heterocycles. The van der Waals surface area contributed by atoms with Crippen molar-refractivity contribution in [2.24, 2.45) is 0 Å². The molecule has 0 atom stereocenters. The SMILES string of the molecule is CN(c1ccc2sc(C(=O)Nc3cc(Cl)ccc3Cl)cc2c1)S(C)(=O)=O. The van der Waals surface area contributed by atoms with Gasteiger partial charge < -0.3 is 5.32 Å². The van der Waals surface area contributed by atoms with E-state index in [1.165, 1.54) is 22.7 Å². The van der Waals surface area contributed by atoms with E-state index in [1.807, 2.05) is 0 Å². The zero-order valence-corrected chi connectivity index (χ0v) is 16.9. The van der Waals surface area contributed by atoms with Crippen molar-refractivity contribution in [3.8, 4) is 0 Å². The summed E-state index contributed by atoms with van der Waals surface area (Å²) in [6.45, 7) is 0. The highest BCUT2D eigenvalue weighted by atomic mass is 35.5. The number of nitrogens with zero attached hydrogens (tertiary/aromatic N) is 1. The number of thiophene rings is 1. The average Bonchev–Trinajstić information content (AvgIpc) is 3.00. The third kappa shape index (κ3) is 3.96. The molecule has 0 aliphatic carbocycles. The Morgan fingerprint density at radius 3 is 2.54 bits per heavy atom. The van der Waals surface area contributed by atoms with E-state index in [2.05, 4.69) is 5.32 Å². The molecule has 1 amide bonds. The summed E-state index contributed by atoms with van der Waals surface area (Å²) in [6, 6.07) is 11.8. The maximum atomic E-state index is 12.5. The standard InChI is InChI=1S/C17H14Cl2N2O3S2/c1-21(26(2,23)24)12-4-6-15-10(7-12)8-16(25-15)17(22)20-14-9-11(18)3-5-13(14)19/h3-9H,1-2H3,(H,20,22). The van der Waals surface area contributed by atoms with Gasteiger partial charge in [-0.3, -0.25) is 9.10 Å². The smallest absolute Gasteiger partial charge is 0.265 e. The largest absolute Gasteiger partial charge is 0.320 e. The lowest BCUT2D eigenvalue weighted by molar-refractivity contribution is 0.103. The Kier molecular flexibility index (Phi) is 5.16. The molecule has 0 fully saturated rings. The van der Waals surface area contributed by atoms with Gasteiger partial charge in [0.05, 0.1) is 27.5 Å². The zero-order chi connectivity index (χ0) is 19.1. The first-order valence-electron chi connectivity index (χ1n) is 7.39. The van der Waals surface area contributed by atoms with Crippen LogP contribution in [0.15, 0.2) is 42.5 Å². The Labute approximate surface area is 165 Å². The van der Waals surface area contributed by atoms with E-state index in [9.17, 15) is 13.2 Å². The third-order valence-corrected chi connectivity index (χ3v) is 6.65. The van der Waals surface area contributed by atoms with Gasteiger partial charge in [-0.15, -0.1) is 11.3 Å². The molecule has 26 heavy (non-hydrogen) atoms.